The van der Waals surface area contributed by atoms with Crippen molar-refractivity contribution in [2.24, 2.45) is 11.8 Å². The van der Waals surface area contributed by atoms with Gasteiger partial charge in [-0.3, -0.25) is 9.59 Å². The Morgan fingerprint density at radius 2 is 2.00 bits per heavy atom. The molecular formula is C22H34O4. The lowest BCUT2D eigenvalue weighted by atomic mass is 9.90. The highest BCUT2D eigenvalue weighted by atomic mass is 16.4. The van der Waals surface area contributed by atoms with E-state index in [0.29, 0.717) is 6.42 Å². The molecule has 0 saturated carbocycles. The molecule has 0 aromatic rings. The molecule has 0 aromatic carbocycles. The van der Waals surface area contributed by atoms with Crippen molar-refractivity contribution in [3.63, 3.8) is 0 Å². The second kappa shape index (κ2) is 13.5. The summed E-state index contributed by atoms with van der Waals surface area (Å²) in [5.41, 5.74) is 0. The lowest BCUT2D eigenvalue weighted by Crippen LogP contribution is -2.14. The summed E-state index contributed by atoms with van der Waals surface area (Å²) >= 11 is 0. The van der Waals surface area contributed by atoms with Crippen LogP contribution in [-0.4, -0.2) is 28.1 Å². The van der Waals surface area contributed by atoms with Gasteiger partial charge in [-0.2, -0.15) is 0 Å². The van der Waals surface area contributed by atoms with E-state index in [1.165, 1.54) is 0 Å². The minimum Gasteiger partial charge on any atom is -0.481 e. The summed E-state index contributed by atoms with van der Waals surface area (Å²) in [7, 11) is 0. The standard InChI is InChI=1S/C22H34O4/c1-2-3-8-11-19(23)16-14-18-15-17-21(24)20(18)12-9-6-4-5-7-10-13-22(25)26/h6,9,14-20,23H,2-5,7-8,10-13H2,1H3,(H,25,26)/b9-6-,16-14+/t18-,19-,20+/m1/s1. The molecule has 0 bridgehead atoms. The van der Waals surface area contributed by atoms with Crippen molar-refractivity contribution < 1.29 is 19.8 Å². The summed E-state index contributed by atoms with van der Waals surface area (Å²) in [5.74, 6) is -0.561. The van der Waals surface area contributed by atoms with Crippen LogP contribution < -0.4 is 0 Å². The zero-order chi connectivity index (χ0) is 19.2. The molecule has 0 heterocycles. The summed E-state index contributed by atoms with van der Waals surface area (Å²) < 4.78 is 0. The molecule has 0 aliphatic heterocycles. The van der Waals surface area contributed by atoms with Gasteiger partial charge in [0.2, 0.25) is 0 Å². The number of rotatable bonds is 14. The predicted octanol–water partition coefficient (Wildman–Crippen LogP) is 4.84. The summed E-state index contributed by atoms with van der Waals surface area (Å²) in [4.78, 5) is 22.5. The molecule has 146 valence electrons. The Balaban J connectivity index is 2.29. The van der Waals surface area contributed by atoms with Gasteiger partial charge < -0.3 is 10.2 Å². The van der Waals surface area contributed by atoms with Gasteiger partial charge in [0.1, 0.15) is 0 Å². The lowest BCUT2D eigenvalue weighted by Gasteiger charge is -2.13. The van der Waals surface area contributed by atoms with Crippen LogP contribution in [0.5, 0.6) is 0 Å². The molecular weight excluding hydrogens is 328 g/mol. The number of allylic oxidation sites excluding steroid dienone is 5. The molecule has 0 saturated heterocycles. The largest absolute Gasteiger partial charge is 0.481 e. The number of hydrogen-bond acceptors (Lipinski definition) is 3. The fourth-order valence-electron chi connectivity index (χ4n) is 3.16. The number of carbonyl (C=O) groups is 2. The van der Waals surface area contributed by atoms with Gasteiger partial charge in [-0.25, -0.2) is 0 Å². The molecule has 0 amide bonds. The Hall–Kier alpha value is -1.68. The van der Waals surface area contributed by atoms with E-state index in [1.807, 2.05) is 18.2 Å². The zero-order valence-electron chi connectivity index (χ0n) is 16.0. The fourth-order valence-corrected chi connectivity index (χ4v) is 3.16. The lowest BCUT2D eigenvalue weighted by molar-refractivity contribution is -0.137. The minimum absolute atomic E-state index is 0.0580. The number of aliphatic carboxylic acids is 1. The van der Waals surface area contributed by atoms with Crippen LogP contribution in [0.3, 0.4) is 0 Å². The van der Waals surface area contributed by atoms with Crippen LogP contribution in [0, 0.1) is 11.8 Å². The quantitative estimate of drug-likeness (QED) is 0.343. The SMILES string of the molecule is CCCCC[C@@H](O)/C=C/[C@@H]1C=CC(=O)[C@H]1C/C=C\CCCCCC(=O)O. The maximum Gasteiger partial charge on any atom is 0.303 e. The van der Waals surface area contributed by atoms with Crippen molar-refractivity contribution in [1.29, 1.82) is 0 Å². The van der Waals surface area contributed by atoms with Gasteiger partial charge in [0.15, 0.2) is 5.78 Å². The average Bonchev–Trinajstić information content (AvgIpc) is 2.95. The van der Waals surface area contributed by atoms with E-state index in [0.717, 1.165) is 51.4 Å². The monoisotopic (exact) mass is 362 g/mol. The number of unbranched alkanes of at least 4 members (excludes halogenated alkanes) is 5. The molecule has 0 radical (unpaired) electrons. The zero-order valence-corrected chi connectivity index (χ0v) is 16.0. The average molecular weight is 363 g/mol. The topological polar surface area (TPSA) is 74.6 Å². The summed E-state index contributed by atoms with van der Waals surface area (Å²) in [5, 5.41) is 18.6. The predicted molar refractivity (Wildman–Crippen MR) is 105 cm³/mol. The molecule has 0 aromatic heterocycles. The van der Waals surface area contributed by atoms with Gasteiger partial charge >= 0.3 is 5.97 Å². The molecule has 0 unspecified atom stereocenters. The van der Waals surface area contributed by atoms with Gasteiger partial charge in [-0.05, 0) is 38.2 Å². The van der Waals surface area contributed by atoms with Gasteiger partial charge in [-0.1, -0.05) is 63.0 Å². The Labute approximate surface area is 157 Å². The highest BCUT2D eigenvalue weighted by Crippen LogP contribution is 2.27. The number of aliphatic hydroxyl groups excluding tert-OH is 1. The third kappa shape index (κ3) is 9.71. The molecule has 26 heavy (non-hydrogen) atoms. The first kappa shape index (κ1) is 22.4. The molecule has 2 N–H and O–H groups in total. The highest BCUT2D eigenvalue weighted by Gasteiger charge is 2.27. The van der Waals surface area contributed by atoms with Crippen LogP contribution in [0.2, 0.25) is 0 Å². The van der Waals surface area contributed by atoms with E-state index in [1.54, 1.807) is 6.08 Å². The number of aliphatic hydroxyl groups is 1. The molecule has 0 fully saturated rings. The Kier molecular flexibility index (Phi) is 11.6. The normalized spacial score (nSPS) is 21.2. The second-order valence-corrected chi connectivity index (χ2v) is 7.09. The van der Waals surface area contributed by atoms with Crippen molar-refractivity contribution in [2.45, 2.75) is 77.2 Å². The van der Waals surface area contributed by atoms with Crippen LogP contribution >= 0.6 is 0 Å². The van der Waals surface area contributed by atoms with E-state index in [4.69, 9.17) is 5.11 Å². The maximum absolute atomic E-state index is 12.0. The summed E-state index contributed by atoms with van der Waals surface area (Å²) in [6.45, 7) is 2.14. The van der Waals surface area contributed by atoms with Crippen LogP contribution in [0.15, 0.2) is 36.5 Å². The maximum atomic E-state index is 12.0. The van der Waals surface area contributed by atoms with Crippen molar-refractivity contribution >= 4 is 11.8 Å². The van der Waals surface area contributed by atoms with Crippen molar-refractivity contribution in [1.82, 2.24) is 0 Å². The molecule has 4 nitrogen and oxygen atoms in total. The first-order valence-corrected chi connectivity index (χ1v) is 9.99. The third-order valence-corrected chi connectivity index (χ3v) is 4.79. The molecule has 1 aliphatic rings. The number of carbonyl (C=O) groups excluding carboxylic acids is 1. The van der Waals surface area contributed by atoms with Crippen molar-refractivity contribution in [3.05, 3.63) is 36.5 Å². The van der Waals surface area contributed by atoms with Gasteiger partial charge in [-0.15, -0.1) is 0 Å². The van der Waals surface area contributed by atoms with Gasteiger partial charge in [0, 0.05) is 18.3 Å². The van der Waals surface area contributed by atoms with E-state index in [2.05, 4.69) is 19.1 Å². The van der Waals surface area contributed by atoms with Crippen molar-refractivity contribution in [3.8, 4) is 0 Å². The number of ketones is 1. The summed E-state index contributed by atoms with van der Waals surface area (Å²) in [6.07, 6.45) is 19.7. The van der Waals surface area contributed by atoms with Crippen LogP contribution in [-0.2, 0) is 9.59 Å². The van der Waals surface area contributed by atoms with E-state index < -0.39 is 12.1 Å². The molecule has 0 spiro atoms. The van der Waals surface area contributed by atoms with Crippen LogP contribution in [0.25, 0.3) is 0 Å². The molecule has 4 heteroatoms. The first-order valence-electron chi connectivity index (χ1n) is 9.99. The Morgan fingerprint density at radius 3 is 2.73 bits per heavy atom. The number of hydrogen-bond donors (Lipinski definition) is 2. The minimum atomic E-state index is -0.734. The third-order valence-electron chi connectivity index (χ3n) is 4.79. The van der Waals surface area contributed by atoms with E-state index in [-0.39, 0.29) is 24.0 Å². The number of carboxylic acids is 1. The van der Waals surface area contributed by atoms with Gasteiger partial charge in [0.25, 0.3) is 0 Å². The van der Waals surface area contributed by atoms with E-state index >= 15 is 0 Å². The Bertz CT molecular complexity index is 504. The fraction of sp³-hybridized carbons (Fsp3) is 0.636. The molecule has 1 aliphatic carbocycles. The Morgan fingerprint density at radius 1 is 1.19 bits per heavy atom. The molecule has 1 rings (SSSR count). The highest BCUT2D eigenvalue weighted by molar-refractivity contribution is 5.95. The number of carboxylic acid groups (broad SMARTS) is 1. The van der Waals surface area contributed by atoms with Crippen LogP contribution in [0.1, 0.15) is 71.1 Å². The molecule has 3 atom stereocenters. The van der Waals surface area contributed by atoms with Crippen molar-refractivity contribution in [2.75, 3.05) is 0 Å². The van der Waals surface area contributed by atoms with E-state index in [9.17, 15) is 14.7 Å². The summed E-state index contributed by atoms with van der Waals surface area (Å²) in [6, 6.07) is 0. The van der Waals surface area contributed by atoms with Crippen LogP contribution in [0.4, 0.5) is 0 Å². The van der Waals surface area contributed by atoms with Gasteiger partial charge in [0.05, 0.1) is 6.10 Å². The smallest absolute Gasteiger partial charge is 0.303 e. The second-order valence-electron chi connectivity index (χ2n) is 7.09. The first-order chi connectivity index (χ1) is 12.5.